The highest BCUT2D eigenvalue weighted by Gasteiger charge is 2.37. The van der Waals surface area contributed by atoms with Gasteiger partial charge in [-0.15, -0.1) is 0 Å². The van der Waals surface area contributed by atoms with Gasteiger partial charge in [0.25, 0.3) is 5.91 Å². The van der Waals surface area contributed by atoms with Crippen molar-refractivity contribution in [3.63, 3.8) is 0 Å². The first-order valence-corrected chi connectivity index (χ1v) is 9.90. The van der Waals surface area contributed by atoms with Gasteiger partial charge in [0.1, 0.15) is 11.7 Å². The lowest BCUT2D eigenvalue weighted by Gasteiger charge is -2.24. The number of fused-ring (bicyclic) bond motifs is 1. The van der Waals surface area contributed by atoms with E-state index in [2.05, 4.69) is 9.39 Å². The molecule has 6 nitrogen and oxygen atoms in total. The van der Waals surface area contributed by atoms with E-state index in [4.69, 9.17) is 5.41 Å². The number of rotatable bonds is 3. The van der Waals surface area contributed by atoms with Crippen LogP contribution in [-0.4, -0.2) is 37.3 Å². The first-order valence-electron chi connectivity index (χ1n) is 8.14. The van der Waals surface area contributed by atoms with Crippen molar-refractivity contribution in [2.75, 3.05) is 5.75 Å². The van der Waals surface area contributed by atoms with Gasteiger partial charge in [-0.2, -0.15) is 9.39 Å². The molecule has 136 valence electrons. The zero-order chi connectivity index (χ0) is 19.0. The van der Waals surface area contributed by atoms with Gasteiger partial charge in [0.05, 0.1) is 23.2 Å². The van der Waals surface area contributed by atoms with Crippen molar-refractivity contribution in [3.05, 3.63) is 59.7 Å². The molecule has 0 radical (unpaired) electrons. The number of aromatic nitrogens is 1. The molecule has 0 unspecified atom stereocenters. The molecule has 1 amide bonds. The van der Waals surface area contributed by atoms with Crippen molar-refractivity contribution in [1.29, 1.82) is 5.41 Å². The summed E-state index contributed by atoms with van der Waals surface area (Å²) in [6, 6.07) is 9.91. The number of hydrogen-bond donors (Lipinski definition) is 1. The first kappa shape index (κ1) is 17.7. The summed E-state index contributed by atoms with van der Waals surface area (Å²) in [5.74, 6) is -0.0584. The van der Waals surface area contributed by atoms with E-state index in [1.165, 1.54) is 17.8 Å². The third kappa shape index (κ3) is 3.13. The number of nitrogens with zero attached hydrogens (tertiary/aromatic N) is 4. The van der Waals surface area contributed by atoms with E-state index in [0.29, 0.717) is 21.7 Å². The van der Waals surface area contributed by atoms with Gasteiger partial charge in [-0.25, -0.2) is 9.29 Å². The zero-order valence-corrected chi connectivity index (χ0v) is 15.9. The van der Waals surface area contributed by atoms with E-state index in [0.717, 1.165) is 17.7 Å². The SMILES string of the molecule is CCSC1=NSC2=NC(=O)/C(=C\c3cccn3-c3ccccc3F)C(=N)N12. The van der Waals surface area contributed by atoms with Crippen molar-refractivity contribution in [1.82, 2.24) is 9.47 Å². The second kappa shape index (κ2) is 7.16. The molecule has 0 saturated heterocycles. The van der Waals surface area contributed by atoms with Crippen LogP contribution in [0.1, 0.15) is 12.6 Å². The van der Waals surface area contributed by atoms with Crippen LogP contribution in [0.5, 0.6) is 0 Å². The Balaban J connectivity index is 1.75. The number of benzene rings is 1. The quantitative estimate of drug-likeness (QED) is 0.627. The van der Waals surface area contributed by atoms with E-state index < -0.39 is 5.91 Å². The third-order valence-corrected chi connectivity index (χ3v) is 5.59. The maximum absolute atomic E-state index is 14.2. The molecular weight excluding hydrogens is 385 g/mol. The smallest absolute Gasteiger partial charge is 0.283 e. The van der Waals surface area contributed by atoms with Crippen LogP contribution in [0.25, 0.3) is 11.8 Å². The summed E-state index contributed by atoms with van der Waals surface area (Å²) in [5, 5.41) is 9.52. The van der Waals surface area contributed by atoms with Crippen molar-refractivity contribution >= 4 is 51.9 Å². The fourth-order valence-electron chi connectivity index (χ4n) is 2.75. The van der Waals surface area contributed by atoms with E-state index in [1.54, 1.807) is 52.1 Å². The monoisotopic (exact) mass is 399 g/mol. The molecule has 2 aliphatic heterocycles. The normalized spacial score (nSPS) is 18.0. The molecule has 0 spiro atoms. The number of carbonyl (C=O) groups excluding carboxylic acids is 1. The molecular formula is C18H14FN5OS2. The maximum Gasteiger partial charge on any atom is 0.283 e. The molecule has 0 atom stereocenters. The topological polar surface area (TPSA) is 73.8 Å². The van der Waals surface area contributed by atoms with E-state index in [9.17, 15) is 9.18 Å². The molecule has 4 rings (SSSR count). The molecule has 1 aromatic carbocycles. The zero-order valence-electron chi connectivity index (χ0n) is 14.2. The standard InChI is InChI=1S/C18H14FN5OS2/c1-2-26-18-22-27-17-21-16(25)12(15(20)24(17)18)10-11-6-5-9-23(11)14-8-4-3-7-13(14)19/h3-10,20H,2H2,1H3/b12-10-,20-15?. The lowest BCUT2D eigenvalue weighted by molar-refractivity contribution is -0.114. The van der Waals surface area contributed by atoms with Gasteiger partial charge in [-0.1, -0.05) is 30.8 Å². The molecule has 9 heteroatoms. The predicted octanol–water partition coefficient (Wildman–Crippen LogP) is 3.95. The lowest BCUT2D eigenvalue weighted by Crippen LogP contribution is -2.41. The highest BCUT2D eigenvalue weighted by molar-refractivity contribution is 8.19. The predicted molar refractivity (Wildman–Crippen MR) is 109 cm³/mol. The second-order valence-electron chi connectivity index (χ2n) is 5.59. The fourth-order valence-corrected chi connectivity index (χ4v) is 4.32. The number of amides is 1. The molecule has 1 N–H and O–H groups in total. The maximum atomic E-state index is 14.2. The van der Waals surface area contributed by atoms with Crippen LogP contribution in [0.4, 0.5) is 4.39 Å². The molecule has 2 aliphatic rings. The Hall–Kier alpha value is -2.65. The van der Waals surface area contributed by atoms with E-state index in [1.807, 2.05) is 6.92 Å². The Morgan fingerprint density at radius 1 is 1.30 bits per heavy atom. The number of para-hydroxylation sites is 1. The Kier molecular flexibility index (Phi) is 4.71. The summed E-state index contributed by atoms with van der Waals surface area (Å²) in [5.41, 5.74) is 1.09. The Morgan fingerprint density at radius 3 is 2.89 bits per heavy atom. The van der Waals surface area contributed by atoms with Gasteiger partial charge < -0.3 is 4.57 Å². The highest BCUT2D eigenvalue weighted by Crippen LogP contribution is 2.32. The molecule has 0 saturated carbocycles. The van der Waals surface area contributed by atoms with Gasteiger partial charge in [-0.05, 0) is 36.1 Å². The van der Waals surface area contributed by atoms with Crippen LogP contribution < -0.4 is 0 Å². The highest BCUT2D eigenvalue weighted by atomic mass is 32.2. The Morgan fingerprint density at radius 2 is 2.11 bits per heavy atom. The average molecular weight is 399 g/mol. The molecule has 1 aromatic heterocycles. The van der Waals surface area contributed by atoms with Crippen molar-refractivity contribution in [2.45, 2.75) is 6.92 Å². The van der Waals surface area contributed by atoms with Crippen LogP contribution in [0.2, 0.25) is 0 Å². The summed E-state index contributed by atoms with van der Waals surface area (Å²) in [6.07, 6.45) is 3.27. The largest absolute Gasteiger partial charge is 0.314 e. The van der Waals surface area contributed by atoms with Crippen LogP contribution >= 0.6 is 23.7 Å². The fraction of sp³-hybridized carbons (Fsp3) is 0.111. The first-order chi connectivity index (χ1) is 13.1. The number of nitrogens with one attached hydrogen (secondary N) is 1. The number of carbonyl (C=O) groups is 1. The van der Waals surface area contributed by atoms with Crippen LogP contribution in [0, 0.1) is 11.2 Å². The number of aliphatic imine (C=N–C) groups is 1. The van der Waals surface area contributed by atoms with Gasteiger partial charge in [-0.3, -0.25) is 10.2 Å². The number of amidine groups is 3. The Bertz CT molecular complexity index is 1040. The molecule has 27 heavy (non-hydrogen) atoms. The summed E-state index contributed by atoms with van der Waals surface area (Å²) >= 11 is 2.57. The van der Waals surface area contributed by atoms with Gasteiger partial charge in [0.15, 0.2) is 5.17 Å². The molecule has 0 aliphatic carbocycles. The minimum Gasteiger partial charge on any atom is -0.314 e. The number of halogens is 1. The second-order valence-corrected chi connectivity index (χ2v) is 7.56. The van der Waals surface area contributed by atoms with Crippen molar-refractivity contribution in [3.8, 4) is 5.69 Å². The number of hydrogen-bond acceptors (Lipinski definition) is 5. The van der Waals surface area contributed by atoms with Crippen LogP contribution in [0.15, 0.2) is 57.6 Å². The molecule has 0 fully saturated rings. The molecule has 3 heterocycles. The third-order valence-electron chi connectivity index (χ3n) is 3.95. The van der Waals surface area contributed by atoms with Crippen molar-refractivity contribution in [2.24, 2.45) is 9.39 Å². The molecule has 2 aromatic rings. The minimum absolute atomic E-state index is 0.0241. The average Bonchev–Trinajstić information content (AvgIpc) is 3.26. The molecule has 0 bridgehead atoms. The van der Waals surface area contributed by atoms with E-state index in [-0.39, 0.29) is 17.2 Å². The Labute approximate surface area is 163 Å². The van der Waals surface area contributed by atoms with Gasteiger partial charge in [0.2, 0.25) is 5.17 Å². The van der Waals surface area contributed by atoms with Gasteiger partial charge >= 0.3 is 0 Å². The van der Waals surface area contributed by atoms with Crippen molar-refractivity contribution < 1.29 is 9.18 Å². The lowest BCUT2D eigenvalue weighted by atomic mass is 10.1. The summed E-state index contributed by atoms with van der Waals surface area (Å²) in [4.78, 5) is 18.1. The number of thioether (sulfide) groups is 1. The summed E-state index contributed by atoms with van der Waals surface area (Å²) < 4.78 is 20.1. The summed E-state index contributed by atoms with van der Waals surface area (Å²) in [7, 11) is 0. The summed E-state index contributed by atoms with van der Waals surface area (Å²) in [6.45, 7) is 1.99. The van der Waals surface area contributed by atoms with Crippen LogP contribution in [0.3, 0.4) is 0 Å². The van der Waals surface area contributed by atoms with Gasteiger partial charge in [0, 0.05) is 11.9 Å². The minimum atomic E-state index is -0.502. The van der Waals surface area contributed by atoms with E-state index >= 15 is 0 Å². The van der Waals surface area contributed by atoms with Crippen LogP contribution in [-0.2, 0) is 4.79 Å².